The third-order valence-corrected chi connectivity index (χ3v) is 2.73. The molecular weight excluding hydrogens is 210 g/mol. The molecular formula is C15H25NO. The van der Waals surface area contributed by atoms with Gasteiger partial charge in [-0.3, -0.25) is 0 Å². The minimum Gasteiger partial charge on any atom is -0.493 e. The monoisotopic (exact) mass is 235 g/mol. The molecule has 0 bridgehead atoms. The summed E-state index contributed by atoms with van der Waals surface area (Å²) in [6, 6.07) is 8.74. The molecule has 96 valence electrons. The van der Waals surface area contributed by atoms with E-state index in [2.05, 4.69) is 51.2 Å². The van der Waals surface area contributed by atoms with Crippen LogP contribution in [0.1, 0.15) is 45.7 Å². The summed E-state index contributed by atoms with van der Waals surface area (Å²) >= 11 is 0. The van der Waals surface area contributed by atoms with Crippen molar-refractivity contribution < 1.29 is 4.74 Å². The predicted molar refractivity (Wildman–Crippen MR) is 73.5 cm³/mol. The van der Waals surface area contributed by atoms with Gasteiger partial charge in [0.15, 0.2) is 0 Å². The second kappa shape index (κ2) is 7.33. The van der Waals surface area contributed by atoms with E-state index < -0.39 is 0 Å². The molecule has 0 aromatic heterocycles. The first-order valence-corrected chi connectivity index (χ1v) is 6.64. The van der Waals surface area contributed by atoms with Gasteiger partial charge in [0.25, 0.3) is 0 Å². The van der Waals surface area contributed by atoms with Gasteiger partial charge in [0.1, 0.15) is 5.75 Å². The third-order valence-electron chi connectivity index (χ3n) is 2.73. The molecule has 0 heterocycles. The summed E-state index contributed by atoms with van der Waals surface area (Å²) in [5, 5.41) is 3.50. The molecule has 0 aliphatic heterocycles. The highest BCUT2D eigenvalue weighted by Crippen LogP contribution is 2.27. The maximum atomic E-state index is 5.89. The van der Waals surface area contributed by atoms with Crippen LogP contribution >= 0.6 is 0 Å². The maximum absolute atomic E-state index is 5.89. The molecule has 1 atom stereocenters. The SMILES string of the molecule is CCNC(CC)c1ccccc1OCC(C)C. The van der Waals surface area contributed by atoms with Crippen molar-refractivity contribution in [3.63, 3.8) is 0 Å². The molecule has 0 saturated carbocycles. The van der Waals surface area contributed by atoms with Crippen molar-refractivity contribution in [3.05, 3.63) is 29.8 Å². The van der Waals surface area contributed by atoms with Gasteiger partial charge in [0.05, 0.1) is 6.61 Å². The van der Waals surface area contributed by atoms with Crippen molar-refractivity contribution in [2.45, 2.75) is 40.2 Å². The highest BCUT2D eigenvalue weighted by molar-refractivity contribution is 5.35. The first-order valence-electron chi connectivity index (χ1n) is 6.64. The number of ether oxygens (including phenoxy) is 1. The second-order valence-electron chi connectivity index (χ2n) is 4.76. The molecule has 1 aromatic rings. The molecule has 0 spiro atoms. The Balaban J connectivity index is 2.81. The average Bonchev–Trinajstić information content (AvgIpc) is 2.34. The van der Waals surface area contributed by atoms with Crippen molar-refractivity contribution in [3.8, 4) is 5.75 Å². The van der Waals surface area contributed by atoms with Gasteiger partial charge in [-0.05, 0) is 24.9 Å². The van der Waals surface area contributed by atoms with Crippen molar-refractivity contribution >= 4 is 0 Å². The maximum Gasteiger partial charge on any atom is 0.124 e. The Bertz CT molecular complexity index is 322. The minimum atomic E-state index is 0.392. The zero-order valence-electron chi connectivity index (χ0n) is 11.5. The van der Waals surface area contributed by atoms with E-state index in [1.54, 1.807) is 0 Å². The standard InChI is InChI=1S/C15H25NO/c1-5-14(16-6-2)13-9-7-8-10-15(13)17-11-12(3)4/h7-10,12,14,16H,5-6,11H2,1-4H3. The van der Waals surface area contributed by atoms with Gasteiger partial charge >= 0.3 is 0 Å². The molecule has 2 heteroatoms. The van der Waals surface area contributed by atoms with E-state index in [1.165, 1.54) is 5.56 Å². The van der Waals surface area contributed by atoms with E-state index in [9.17, 15) is 0 Å². The van der Waals surface area contributed by atoms with E-state index in [4.69, 9.17) is 4.74 Å². The second-order valence-corrected chi connectivity index (χ2v) is 4.76. The summed E-state index contributed by atoms with van der Waals surface area (Å²) in [5.74, 6) is 1.58. The van der Waals surface area contributed by atoms with Crippen LogP contribution in [0.25, 0.3) is 0 Å². The molecule has 17 heavy (non-hydrogen) atoms. The van der Waals surface area contributed by atoms with Crippen molar-refractivity contribution in [2.75, 3.05) is 13.2 Å². The molecule has 0 saturated heterocycles. The van der Waals surface area contributed by atoms with Crippen LogP contribution in [0.4, 0.5) is 0 Å². The summed E-state index contributed by atoms with van der Waals surface area (Å²) < 4.78 is 5.89. The zero-order valence-corrected chi connectivity index (χ0v) is 11.5. The van der Waals surface area contributed by atoms with Crippen LogP contribution < -0.4 is 10.1 Å². The van der Waals surface area contributed by atoms with Crippen LogP contribution in [0.5, 0.6) is 5.75 Å². The van der Waals surface area contributed by atoms with E-state index >= 15 is 0 Å². The summed E-state index contributed by atoms with van der Waals surface area (Å²) in [5.41, 5.74) is 1.28. The Labute approximate surface area is 105 Å². The fourth-order valence-corrected chi connectivity index (χ4v) is 1.88. The number of para-hydroxylation sites is 1. The Morgan fingerprint density at radius 3 is 2.47 bits per heavy atom. The highest BCUT2D eigenvalue weighted by atomic mass is 16.5. The molecule has 1 aromatic carbocycles. The zero-order chi connectivity index (χ0) is 12.7. The molecule has 0 radical (unpaired) electrons. The van der Waals surface area contributed by atoms with Crippen LogP contribution in [0.15, 0.2) is 24.3 Å². The lowest BCUT2D eigenvalue weighted by atomic mass is 10.0. The first-order chi connectivity index (χ1) is 8.19. The number of hydrogen-bond acceptors (Lipinski definition) is 2. The molecule has 0 fully saturated rings. The van der Waals surface area contributed by atoms with Crippen LogP contribution in [-0.4, -0.2) is 13.2 Å². The molecule has 0 amide bonds. The fourth-order valence-electron chi connectivity index (χ4n) is 1.88. The summed E-state index contributed by atoms with van der Waals surface area (Å²) in [6.45, 7) is 10.4. The normalized spacial score (nSPS) is 12.8. The van der Waals surface area contributed by atoms with Crippen LogP contribution in [0, 0.1) is 5.92 Å². The topological polar surface area (TPSA) is 21.3 Å². The van der Waals surface area contributed by atoms with E-state index in [-0.39, 0.29) is 0 Å². The Hall–Kier alpha value is -1.02. The number of rotatable bonds is 7. The summed E-state index contributed by atoms with van der Waals surface area (Å²) in [6.07, 6.45) is 1.08. The molecule has 0 aliphatic carbocycles. The molecule has 1 rings (SSSR count). The third kappa shape index (κ3) is 4.39. The van der Waals surface area contributed by atoms with Crippen molar-refractivity contribution in [1.82, 2.24) is 5.32 Å². The van der Waals surface area contributed by atoms with Gasteiger partial charge < -0.3 is 10.1 Å². The van der Waals surface area contributed by atoms with Crippen LogP contribution in [-0.2, 0) is 0 Å². The van der Waals surface area contributed by atoms with E-state index in [1.807, 2.05) is 6.07 Å². The fraction of sp³-hybridized carbons (Fsp3) is 0.600. The van der Waals surface area contributed by atoms with Gasteiger partial charge in [-0.15, -0.1) is 0 Å². The number of benzene rings is 1. The van der Waals surface area contributed by atoms with Crippen LogP contribution in [0.2, 0.25) is 0 Å². The molecule has 2 nitrogen and oxygen atoms in total. The predicted octanol–water partition coefficient (Wildman–Crippen LogP) is 3.78. The number of nitrogens with one attached hydrogen (secondary N) is 1. The van der Waals surface area contributed by atoms with E-state index in [0.29, 0.717) is 12.0 Å². The van der Waals surface area contributed by atoms with Crippen molar-refractivity contribution in [1.29, 1.82) is 0 Å². The van der Waals surface area contributed by atoms with Crippen LogP contribution in [0.3, 0.4) is 0 Å². The molecule has 1 N–H and O–H groups in total. The molecule has 1 unspecified atom stereocenters. The van der Waals surface area contributed by atoms with Gasteiger partial charge in [-0.2, -0.15) is 0 Å². The summed E-state index contributed by atoms with van der Waals surface area (Å²) in [7, 11) is 0. The van der Waals surface area contributed by atoms with Crippen molar-refractivity contribution in [2.24, 2.45) is 5.92 Å². The Morgan fingerprint density at radius 2 is 1.88 bits per heavy atom. The quantitative estimate of drug-likeness (QED) is 0.776. The van der Waals surface area contributed by atoms with Gasteiger partial charge in [-0.25, -0.2) is 0 Å². The van der Waals surface area contributed by atoms with Gasteiger partial charge in [0, 0.05) is 11.6 Å². The Kier molecular flexibility index (Phi) is 6.06. The highest BCUT2D eigenvalue weighted by Gasteiger charge is 2.13. The average molecular weight is 235 g/mol. The smallest absolute Gasteiger partial charge is 0.124 e. The molecule has 0 aliphatic rings. The summed E-state index contributed by atoms with van der Waals surface area (Å²) in [4.78, 5) is 0. The van der Waals surface area contributed by atoms with E-state index in [0.717, 1.165) is 25.3 Å². The van der Waals surface area contributed by atoms with Gasteiger partial charge in [0.2, 0.25) is 0 Å². The number of hydrogen-bond donors (Lipinski definition) is 1. The first kappa shape index (κ1) is 14.0. The minimum absolute atomic E-state index is 0.392. The lowest BCUT2D eigenvalue weighted by molar-refractivity contribution is 0.265. The Morgan fingerprint density at radius 1 is 1.18 bits per heavy atom. The lowest BCUT2D eigenvalue weighted by Gasteiger charge is -2.20. The lowest BCUT2D eigenvalue weighted by Crippen LogP contribution is -2.21. The largest absolute Gasteiger partial charge is 0.493 e. The van der Waals surface area contributed by atoms with Gasteiger partial charge in [-0.1, -0.05) is 45.9 Å².